The molecule has 3 N–H and O–H groups in total. The van der Waals surface area contributed by atoms with E-state index in [1.807, 2.05) is 0 Å². The van der Waals surface area contributed by atoms with Crippen LogP contribution in [0.4, 0.5) is 11.4 Å². The number of hydrogen-bond acceptors (Lipinski definition) is 4. The Labute approximate surface area is 104 Å². The van der Waals surface area contributed by atoms with Crippen molar-refractivity contribution < 1.29 is 9.72 Å². The number of nitrogens with one attached hydrogen (secondary N) is 1. The zero-order valence-corrected chi connectivity index (χ0v) is 9.90. The molecule has 0 unspecified atom stereocenters. The van der Waals surface area contributed by atoms with Gasteiger partial charge >= 0.3 is 0 Å². The second kappa shape index (κ2) is 6.25. The van der Waals surface area contributed by atoms with Crippen LogP contribution < -0.4 is 11.1 Å². The minimum Gasteiger partial charge on any atom is -0.379 e. The van der Waals surface area contributed by atoms with Crippen molar-refractivity contribution in [2.24, 2.45) is 5.73 Å². The van der Waals surface area contributed by atoms with E-state index in [-0.39, 0.29) is 16.9 Å². The van der Waals surface area contributed by atoms with Gasteiger partial charge in [0.15, 0.2) is 0 Å². The van der Waals surface area contributed by atoms with Gasteiger partial charge in [-0.3, -0.25) is 14.9 Å². The van der Waals surface area contributed by atoms with Crippen molar-refractivity contribution in [2.45, 2.75) is 13.3 Å². The van der Waals surface area contributed by atoms with Gasteiger partial charge < -0.3 is 11.1 Å². The van der Waals surface area contributed by atoms with Crippen molar-refractivity contribution in [1.29, 1.82) is 0 Å². The number of nitrogens with two attached hydrogens (primary N) is 1. The second-order valence-corrected chi connectivity index (χ2v) is 3.46. The molecular weight excluding hydrogens is 234 g/mol. The van der Waals surface area contributed by atoms with Crippen molar-refractivity contribution in [3.63, 3.8) is 0 Å². The summed E-state index contributed by atoms with van der Waals surface area (Å²) >= 11 is 0. The lowest BCUT2D eigenvalue weighted by Gasteiger charge is -2.06. The lowest BCUT2D eigenvalue weighted by Crippen LogP contribution is -2.12. The van der Waals surface area contributed by atoms with Gasteiger partial charge in [-0.25, -0.2) is 0 Å². The van der Waals surface area contributed by atoms with Crippen LogP contribution in [0, 0.1) is 22.0 Å². The SMILES string of the molecule is CC#CCCNc1cc(C(N)=O)ccc1[N+](=O)[O-]. The van der Waals surface area contributed by atoms with E-state index in [0.717, 1.165) is 0 Å². The zero-order valence-electron chi connectivity index (χ0n) is 9.90. The number of nitrogens with zero attached hydrogens (tertiary/aromatic N) is 1. The number of nitro benzene ring substituents is 1. The Hall–Kier alpha value is -2.55. The number of rotatable bonds is 5. The standard InChI is InChI=1S/C12H13N3O3/c1-2-3-4-7-14-10-8-9(12(13)16)5-6-11(10)15(17)18/h5-6,8,14H,4,7H2,1H3,(H2,13,16). The number of carbonyl (C=O) groups is 1. The molecule has 0 aliphatic carbocycles. The predicted octanol–water partition coefficient (Wildman–Crippen LogP) is 1.52. The average molecular weight is 247 g/mol. The molecule has 0 atom stereocenters. The predicted molar refractivity (Wildman–Crippen MR) is 68.2 cm³/mol. The molecule has 0 aliphatic heterocycles. The maximum atomic E-state index is 11.0. The number of nitro groups is 1. The summed E-state index contributed by atoms with van der Waals surface area (Å²) in [5, 5.41) is 13.7. The Bertz CT molecular complexity index is 529. The van der Waals surface area contributed by atoms with E-state index < -0.39 is 10.8 Å². The van der Waals surface area contributed by atoms with Crippen LogP contribution in [0.5, 0.6) is 0 Å². The molecule has 0 heterocycles. The highest BCUT2D eigenvalue weighted by Crippen LogP contribution is 2.25. The van der Waals surface area contributed by atoms with Gasteiger partial charge in [-0.2, -0.15) is 0 Å². The molecule has 0 saturated carbocycles. The molecule has 1 rings (SSSR count). The molecule has 0 fully saturated rings. The van der Waals surface area contributed by atoms with E-state index in [2.05, 4.69) is 17.2 Å². The first-order valence-electron chi connectivity index (χ1n) is 5.28. The quantitative estimate of drug-likeness (QED) is 0.356. The number of benzene rings is 1. The Kier molecular flexibility index (Phi) is 4.69. The molecule has 1 amide bonds. The van der Waals surface area contributed by atoms with Crippen molar-refractivity contribution >= 4 is 17.3 Å². The summed E-state index contributed by atoms with van der Waals surface area (Å²) in [7, 11) is 0. The first kappa shape index (κ1) is 13.5. The first-order valence-corrected chi connectivity index (χ1v) is 5.28. The van der Waals surface area contributed by atoms with Crippen LogP contribution in [0.25, 0.3) is 0 Å². The molecule has 1 aromatic carbocycles. The second-order valence-electron chi connectivity index (χ2n) is 3.46. The van der Waals surface area contributed by atoms with Crippen LogP contribution in [-0.2, 0) is 0 Å². The van der Waals surface area contributed by atoms with Crippen molar-refractivity contribution in [3.05, 3.63) is 33.9 Å². The summed E-state index contributed by atoms with van der Waals surface area (Å²) in [6, 6.07) is 3.96. The summed E-state index contributed by atoms with van der Waals surface area (Å²) in [5.41, 5.74) is 5.53. The minimum absolute atomic E-state index is 0.0931. The number of primary amides is 1. The van der Waals surface area contributed by atoms with Gasteiger partial charge in [-0.1, -0.05) is 0 Å². The van der Waals surface area contributed by atoms with E-state index in [4.69, 9.17) is 5.73 Å². The molecular formula is C12H13N3O3. The molecule has 0 bridgehead atoms. The number of amides is 1. The molecule has 0 saturated heterocycles. The lowest BCUT2D eigenvalue weighted by molar-refractivity contribution is -0.384. The Balaban J connectivity index is 2.95. The molecule has 18 heavy (non-hydrogen) atoms. The van der Waals surface area contributed by atoms with E-state index in [1.165, 1.54) is 18.2 Å². The van der Waals surface area contributed by atoms with Crippen molar-refractivity contribution in [1.82, 2.24) is 0 Å². The Morgan fingerprint density at radius 2 is 2.28 bits per heavy atom. The van der Waals surface area contributed by atoms with E-state index in [9.17, 15) is 14.9 Å². The monoisotopic (exact) mass is 247 g/mol. The van der Waals surface area contributed by atoms with Gasteiger partial charge in [0.05, 0.1) is 4.92 Å². The first-order chi connectivity index (χ1) is 8.56. The minimum atomic E-state index is -0.624. The summed E-state index contributed by atoms with van der Waals surface area (Å²) in [6.07, 6.45) is 0.564. The average Bonchev–Trinajstić information content (AvgIpc) is 2.34. The van der Waals surface area contributed by atoms with E-state index in [1.54, 1.807) is 6.92 Å². The third-order valence-corrected chi connectivity index (χ3v) is 2.22. The van der Waals surface area contributed by atoms with Gasteiger partial charge in [-0.05, 0) is 19.1 Å². The van der Waals surface area contributed by atoms with Gasteiger partial charge in [0.1, 0.15) is 5.69 Å². The van der Waals surface area contributed by atoms with Crippen LogP contribution in [0.2, 0.25) is 0 Å². The topological polar surface area (TPSA) is 98.3 Å². The van der Waals surface area contributed by atoms with Gasteiger partial charge in [0, 0.05) is 24.6 Å². The van der Waals surface area contributed by atoms with Crippen LogP contribution >= 0.6 is 0 Å². The number of carbonyl (C=O) groups excluding carboxylic acids is 1. The molecule has 0 radical (unpaired) electrons. The van der Waals surface area contributed by atoms with E-state index in [0.29, 0.717) is 13.0 Å². The Morgan fingerprint density at radius 1 is 1.56 bits per heavy atom. The third kappa shape index (κ3) is 3.49. The van der Waals surface area contributed by atoms with Gasteiger partial charge in [0.2, 0.25) is 5.91 Å². The van der Waals surface area contributed by atoms with Crippen LogP contribution in [0.3, 0.4) is 0 Å². The largest absolute Gasteiger partial charge is 0.379 e. The molecule has 0 spiro atoms. The van der Waals surface area contributed by atoms with E-state index >= 15 is 0 Å². The molecule has 0 aliphatic rings. The van der Waals surface area contributed by atoms with Crippen LogP contribution in [0.1, 0.15) is 23.7 Å². The maximum absolute atomic E-state index is 11.0. The molecule has 0 aromatic heterocycles. The highest BCUT2D eigenvalue weighted by Gasteiger charge is 2.15. The fourth-order valence-corrected chi connectivity index (χ4v) is 1.37. The summed E-state index contributed by atoms with van der Waals surface area (Å²) in [4.78, 5) is 21.3. The van der Waals surface area contributed by atoms with Crippen LogP contribution in [-0.4, -0.2) is 17.4 Å². The fourth-order valence-electron chi connectivity index (χ4n) is 1.37. The molecule has 1 aromatic rings. The Morgan fingerprint density at radius 3 is 2.83 bits per heavy atom. The summed E-state index contributed by atoms with van der Waals surface area (Å²) in [5.74, 6) is 4.93. The highest BCUT2D eigenvalue weighted by molar-refractivity contribution is 5.94. The fraction of sp³-hybridized carbons (Fsp3) is 0.250. The normalized spacial score (nSPS) is 9.17. The molecule has 94 valence electrons. The molecule has 6 nitrogen and oxygen atoms in total. The smallest absolute Gasteiger partial charge is 0.292 e. The zero-order chi connectivity index (χ0) is 13.5. The number of anilines is 1. The van der Waals surface area contributed by atoms with Crippen LogP contribution in [0.15, 0.2) is 18.2 Å². The summed E-state index contributed by atoms with van der Waals surface area (Å²) < 4.78 is 0. The van der Waals surface area contributed by atoms with Gasteiger partial charge in [0.25, 0.3) is 5.69 Å². The van der Waals surface area contributed by atoms with Crippen molar-refractivity contribution in [3.8, 4) is 11.8 Å². The number of hydrogen-bond donors (Lipinski definition) is 2. The third-order valence-electron chi connectivity index (χ3n) is 2.22. The van der Waals surface area contributed by atoms with Gasteiger partial charge in [-0.15, -0.1) is 11.8 Å². The lowest BCUT2D eigenvalue weighted by atomic mass is 10.1. The van der Waals surface area contributed by atoms with Crippen molar-refractivity contribution in [2.75, 3.05) is 11.9 Å². The maximum Gasteiger partial charge on any atom is 0.292 e. The highest BCUT2D eigenvalue weighted by atomic mass is 16.6. The summed E-state index contributed by atoms with van der Waals surface area (Å²) in [6.45, 7) is 2.18. The molecule has 6 heteroatoms.